The summed E-state index contributed by atoms with van der Waals surface area (Å²) >= 11 is 5.86. The molecule has 0 heterocycles. The van der Waals surface area contributed by atoms with Crippen LogP contribution in [0.2, 0.25) is 5.02 Å². The van der Waals surface area contributed by atoms with E-state index in [4.69, 9.17) is 11.6 Å². The number of benzene rings is 2. The number of halogens is 3. The molecule has 0 saturated heterocycles. The molecule has 6 heteroatoms. The molecule has 1 unspecified atom stereocenters. The van der Waals surface area contributed by atoms with Crippen molar-refractivity contribution in [3.05, 3.63) is 64.7 Å². The van der Waals surface area contributed by atoms with E-state index in [1.54, 1.807) is 19.1 Å². The average Bonchev–Trinajstić information content (AvgIpc) is 2.47. The van der Waals surface area contributed by atoms with Gasteiger partial charge in [0, 0.05) is 0 Å². The zero-order valence-electron chi connectivity index (χ0n) is 11.9. The molecule has 1 amide bonds. The van der Waals surface area contributed by atoms with Crippen LogP contribution in [0.5, 0.6) is 0 Å². The third-order valence-corrected chi connectivity index (χ3v) is 3.43. The Balaban J connectivity index is 1.88. The second-order valence-electron chi connectivity index (χ2n) is 4.82. The molecule has 2 aromatic carbocycles. The Hall–Kier alpha value is -2.14. The molecule has 0 radical (unpaired) electrons. The molecule has 0 aromatic heterocycles. The number of amides is 1. The second kappa shape index (κ2) is 7.22. The first kappa shape index (κ1) is 16.2. The maximum atomic E-state index is 12.9. The first-order valence-corrected chi connectivity index (χ1v) is 7.07. The normalized spacial score (nSPS) is 11.8. The minimum atomic E-state index is -0.440. The molecule has 0 aliphatic rings. The number of hydrogen-bond acceptors (Lipinski definition) is 2. The monoisotopic (exact) mass is 324 g/mol. The van der Waals surface area contributed by atoms with Crippen molar-refractivity contribution in [2.75, 3.05) is 11.9 Å². The summed E-state index contributed by atoms with van der Waals surface area (Å²) in [4.78, 5) is 11.9. The van der Waals surface area contributed by atoms with Crippen molar-refractivity contribution in [2.45, 2.75) is 13.0 Å². The lowest BCUT2D eigenvalue weighted by atomic mass is 10.1. The van der Waals surface area contributed by atoms with Gasteiger partial charge in [0.15, 0.2) is 0 Å². The maximum absolute atomic E-state index is 12.9. The van der Waals surface area contributed by atoms with Gasteiger partial charge in [-0.25, -0.2) is 8.78 Å². The van der Waals surface area contributed by atoms with E-state index in [1.807, 2.05) is 0 Å². The van der Waals surface area contributed by atoms with Gasteiger partial charge >= 0.3 is 0 Å². The van der Waals surface area contributed by atoms with Crippen LogP contribution in [-0.4, -0.2) is 12.5 Å². The molecule has 0 fully saturated rings. The fraction of sp³-hybridized carbons (Fsp3) is 0.188. The Bertz CT molecular complexity index is 662. The third kappa shape index (κ3) is 4.43. The lowest BCUT2D eigenvalue weighted by Gasteiger charge is -2.15. The minimum Gasteiger partial charge on any atom is -0.375 e. The highest BCUT2D eigenvalue weighted by molar-refractivity contribution is 6.33. The van der Waals surface area contributed by atoms with E-state index in [9.17, 15) is 13.6 Å². The van der Waals surface area contributed by atoms with Gasteiger partial charge in [-0.15, -0.1) is 0 Å². The van der Waals surface area contributed by atoms with E-state index in [1.165, 1.54) is 30.3 Å². The summed E-state index contributed by atoms with van der Waals surface area (Å²) < 4.78 is 25.8. The summed E-state index contributed by atoms with van der Waals surface area (Å²) in [6.07, 6.45) is 0. The molecule has 0 saturated carbocycles. The Kier molecular flexibility index (Phi) is 5.33. The van der Waals surface area contributed by atoms with Gasteiger partial charge in [-0.1, -0.05) is 23.7 Å². The van der Waals surface area contributed by atoms with Crippen molar-refractivity contribution in [3.63, 3.8) is 0 Å². The van der Waals surface area contributed by atoms with E-state index in [0.717, 1.165) is 5.56 Å². The van der Waals surface area contributed by atoms with Gasteiger partial charge in [0.05, 0.1) is 23.3 Å². The van der Waals surface area contributed by atoms with Gasteiger partial charge in [0.2, 0.25) is 5.91 Å². The van der Waals surface area contributed by atoms with Gasteiger partial charge < -0.3 is 10.6 Å². The number of anilines is 1. The van der Waals surface area contributed by atoms with Crippen LogP contribution in [0.25, 0.3) is 0 Å². The summed E-state index contributed by atoms with van der Waals surface area (Å²) in [6.45, 7) is 1.80. The quantitative estimate of drug-likeness (QED) is 0.875. The molecule has 22 heavy (non-hydrogen) atoms. The fourth-order valence-electron chi connectivity index (χ4n) is 1.94. The standard InChI is InChI=1S/C16H15ClF2N2O/c1-10(11-2-4-12(18)5-3-11)21-16(22)9-20-15-7-6-13(19)8-14(15)17/h2-8,10,20H,9H2,1H3,(H,21,22). The first-order valence-electron chi connectivity index (χ1n) is 6.69. The fourth-order valence-corrected chi connectivity index (χ4v) is 2.17. The molecule has 0 aliphatic heterocycles. The summed E-state index contributed by atoms with van der Waals surface area (Å²) in [5, 5.41) is 5.82. The van der Waals surface area contributed by atoms with Crippen LogP contribution in [0, 0.1) is 11.6 Å². The topological polar surface area (TPSA) is 41.1 Å². The number of carbonyl (C=O) groups excluding carboxylic acids is 1. The largest absolute Gasteiger partial charge is 0.375 e. The SMILES string of the molecule is CC(NC(=O)CNc1ccc(F)cc1Cl)c1ccc(F)cc1. The van der Waals surface area contributed by atoms with Crippen LogP contribution in [0.1, 0.15) is 18.5 Å². The van der Waals surface area contributed by atoms with Gasteiger partial charge in [0.25, 0.3) is 0 Å². The van der Waals surface area contributed by atoms with Crippen LogP contribution >= 0.6 is 11.6 Å². The highest BCUT2D eigenvalue weighted by Gasteiger charge is 2.10. The molecule has 2 aromatic rings. The summed E-state index contributed by atoms with van der Waals surface area (Å²) in [6, 6.07) is 9.56. The first-order chi connectivity index (χ1) is 10.5. The number of nitrogens with one attached hydrogen (secondary N) is 2. The van der Waals surface area contributed by atoms with Gasteiger partial charge in [-0.2, -0.15) is 0 Å². The van der Waals surface area contributed by atoms with Crippen LogP contribution < -0.4 is 10.6 Å². The van der Waals surface area contributed by atoms with Crippen molar-refractivity contribution in [2.24, 2.45) is 0 Å². The summed E-state index contributed by atoms with van der Waals surface area (Å²) in [5.41, 5.74) is 1.28. The van der Waals surface area contributed by atoms with E-state index in [0.29, 0.717) is 5.69 Å². The Labute approximate surface area is 132 Å². The predicted molar refractivity (Wildman–Crippen MR) is 82.9 cm³/mol. The number of carbonyl (C=O) groups is 1. The van der Waals surface area contributed by atoms with E-state index < -0.39 is 5.82 Å². The molecule has 2 N–H and O–H groups in total. The van der Waals surface area contributed by atoms with Crippen molar-refractivity contribution < 1.29 is 13.6 Å². The Morgan fingerprint density at radius 3 is 2.41 bits per heavy atom. The van der Waals surface area contributed by atoms with Gasteiger partial charge in [0.1, 0.15) is 11.6 Å². The average molecular weight is 325 g/mol. The van der Waals surface area contributed by atoms with E-state index in [2.05, 4.69) is 10.6 Å². The highest BCUT2D eigenvalue weighted by atomic mass is 35.5. The predicted octanol–water partition coefficient (Wildman–Crippen LogP) is 3.91. The Morgan fingerprint density at radius 1 is 1.14 bits per heavy atom. The molecule has 2 rings (SSSR count). The van der Waals surface area contributed by atoms with Crippen molar-refractivity contribution in [1.82, 2.24) is 5.32 Å². The van der Waals surface area contributed by atoms with Crippen molar-refractivity contribution in [1.29, 1.82) is 0 Å². The summed E-state index contributed by atoms with van der Waals surface area (Å²) in [7, 11) is 0. The lowest BCUT2D eigenvalue weighted by molar-refractivity contribution is -0.120. The zero-order valence-corrected chi connectivity index (χ0v) is 12.6. The van der Waals surface area contributed by atoms with E-state index >= 15 is 0 Å². The molecule has 0 bridgehead atoms. The smallest absolute Gasteiger partial charge is 0.239 e. The van der Waals surface area contributed by atoms with E-state index in [-0.39, 0.29) is 29.3 Å². The third-order valence-electron chi connectivity index (χ3n) is 3.12. The second-order valence-corrected chi connectivity index (χ2v) is 5.23. The molecule has 1 atom stereocenters. The van der Waals surface area contributed by atoms with Crippen molar-refractivity contribution in [3.8, 4) is 0 Å². The zero-order chi connectivity index (χ0) is 16.1. The maximum Gasteiger partial charge on any atom is 0.239 e. The highest BCUT2D eigenvalue weighted by Crippen LogP contribution is 2.22. The van der Waals surface area contributed by atoms with Crippen LogP contribution in [0.3, 0.4) is 0 Å². The lowest BCUT2D eigenvalue weighted by Crippen LogP contribution is -2.32. The van der Waals surface area contributed by atoms with Crippen LogP contribution in [-0.2, 0) is 4.79 Å². The molecule has 116 valence electrons. The number of hydrogen-bond donors (Lipinski definition) is 2. The molecule has 3 nitrogen and oxygen atoms in total. The minimum absolute atomic E-state index is 0.00309. The van der Waals surface area contributed by atoms with Gasteiger partial charge in [-0.05, 0) is 42.8 Å². The molecular weight excluding hydrogens is 310 g/mol. The van der Waals surface area contributed by atoms with Crippen molar-refractivity contribution >= 4 is 23.2 Å². The Morgan fingerprint density at radius 2 is 1.77 bits per heavy atom. The van der Waals surface area contributed by atoms with Crippen LogP contribution in [0.15, 0.2) is 42.5 Å². The van der Waals surface area contributed by atoms with Gasteiger partial charge in [-0.3, -0.25) is 4.79 Å². The molecule has 0 spiro atoms. The number of rotatable bonds is 5. The molecular formula is C16H15ClF2N2O. The van der Waals surface area contributed by atoms with Crippen LogP contribution in [0.4, 0.5) is 14.5 Å². The molecule has 0 aliphatic carbocycles. The summed E-state index contributed by atoms with van der Waals surface area (Å²) in [5.74, 6) is -1.02.